The van der Waals surface area contributed by atoms with E-state index in [0.717, 1.165) is 25.0 Å². The van der Waals surface area contributed by atoms with Crippen LogP contribution in [-0.4, -0.2) is 35.9 Å². The van der Waals surface area contributed by atoms with Gasteiger partial charge in [0.25, 0.3) is 0 Å². The van der Waals surface area contributed by atoms with Crippen LogP contribution in [0, 0.1) is 6.92 Å². The number of furan rings is 1. The van der Waals surface area contributed by atoms with Crippen molar-refractivity contribution in [2.75, 3.05) is 6.54 Å². The highest BCUT2D eigenvalue weighted by atomic mass is 16.5. The van der Waals surface area contributed by atoms with Crippen LogP contribution in [0.15, 0.2) is 16.5 Å². The molecule has 2 saturated heterocycles. The second-order valence-corrected chi connectivity index (χ2v) is 6.23. The van der Waals surface area contributed by atoms with E-state index in [4.69, 9.17) is 9.15 Å². The summed E-state index contributed by atoms with van der Waals surface area (Å²) in [5.41, 5.74) is -1.23. The maximum absolute atomic E-state index is 11.9. The Morgan fingerprint density at radius 2 is 2.29 bits per heavy atom. The molecule has 0 aliphatic carbocycles. The van der Waals surface area contributed by atoms with Crippen molar-refractivity contribution in [3.63, 3.8) is 0 Å². The number of nitrogens with one attached hydrogen (secondary N) is 2. The van der Waals surface area contributed by atoms with E-state index in [2.05, 4.69) is 10.6 Å². The molecule has 0 spiro atoms. The van der Waals surface area contributed by atoms with Crippen molar-refractivity contribution in [2.45, 2.75) is 57.0 Å². The third-order valence-corrected chi connectivity index (χ3v) is 4.29. The van der Waals surface area contributed by atoms with E-state index in [1.54, 1.807) is 19.1 Å². The number of amides is 2. The van der Waals surface area contributed by atoms with Crippen LogP contribution in [0.2, 0.25) is 0 Å². The summed E-state index contributed by atoms with van der Waals surface area (Å²) >= 11 is 0. The van der Waals surface area contributed by atoms with Crippen molar-refractivity contribution in [3.8, 4) is 0 Å². The van der Waals surface area contributed by atoms with E-state index in [1.807, 2.05) is 6.92 Å². The molecule has 6 nitrogen and oxygen atoms in total. The maximum Gasteiger partial charge on any atom is 0.315 e. The number of aliphatic hydroxyl groups is 1. The van der Waals surface area contributed by atoms with Crippen molar-refractivity contribution in [2.24, 2.45) is 0 Å². The normalized spacial score (nSPS) is 30.1. The van der Waals surface area contributed by atoms with E-state index in [0.29, 0.717) is 11.9 Å². The van der Waals surface area contributed by atoms with E-state index in [1.165, 1.54) is 0 Å². The molecule has 3 rings (SSSR count). The highest BCUT2D eigenvalue weighted by Crippen LogP contribution is 2.34. The van der Waals surface area contributed by atoms with Crippen LogP contribution in [-0.2, 0) is 10.3 Å². The zero-order chi connectivity index (χ0) is 15.0. The van der Waals surface area contributed by atoms with E-state index in [-0.39, 0.29) is 24.7 Å². The summed E-state index contributed by atoms with van der Waals surface area (Å²) in [6.07, 6.45) is 3.44. The molecule has 2 fully saturated rings. The standard InChI is InChI=1S/C15H22N2O4/c1-9-3-6-13(20-9)15(2,19)8-16-14(18)17-11-7-10-4-5-12(11)21-10/h3,6,10-12,19H,4-5,7-8H2,1-2H3,(H2,16,17,18). The molecule has 1 aromatic heterocycles. The van der Waals surface area contributed by atoms with Crippen molar-refractivity contribution >= 4 is 6.03 Å². The number of carbonyl (C=O) groups is 1. The number of hydrogen-bond acceptors (Lipinski definition) is 4. The molecule has 2 amide bonds. The summed E-state index contributed by atoms with van der Waals surface area (Å²) in [4.78, 5) is 11.9. The van der Waals surface area contributed by atoms with Crippen LogP contribution < -0.4 is 10.6 Å². The van der Waals surface area contributed by atoms with Gasteiger partial charge in [0.2, 0.25) is 0 Å². The molecule has 2 aliphatic heterocycles. The van der Waals surface area contributed by atoms with Crippen LogP contribution in [0.1, 0.15) is 37.7 Å². The lowest BCUT2D eigenvalue weighted by molar-refractivity contribution is 0.0357. The quantitative estimate of drug-likeness (QED) is 0.784. The number of ether oxygens (including phenoxy) is 1. The van der Waals surface area contributed by atoms with Crippen molar-refractivity contribution in [3.05, 3.63) is 23.7 Å². The predicted molar refractivity (Wildman–Crippen MR) is 75.9 cm³/mol. The first-order valence-electron chi connectivity index (χ1n) is 7.43. The zero-order valence-electron chi connectivity index (χ0n) is 12.4. The molecule has 0 radical (unpaired) electrons. The van der Waals surface area contributed by atoms with Crippen molar-refractivity contribution in [1.29, 1.82) is 0 Å². The fraction of sp³-hybridized carbons (Fsp3) is 0.667. The lowest BCUT2D eigenvalue weighted by atomic mass is 9.96. The van der Waals surface area contributed by atoms with E-state index in [9.17, 15) is 9.90 Å². The predicted octanol–water partition coefficient (Wildman–Crippen LogP) is 1.41. The molecule has 0 aromatic carbocycles. The average molecular weight is 294 g/mol. The van der Waals surface area contributed by atoms with Gasteiger partial charge in [0.1, 0.15) is 17.1 Å². The minimum absolute atomic E-state index is 0.0829. The van der Waals surface area contributed by atoms with Gasteiger partial charge < -0.3 is 24.9 Å². The third kappa shape index (κ3) is 3.06. The Morgan fingerprint density at radius 3 is 2.86 bits per heavy atom. The van der Waals surface area contributed by atoms with Crippen LogP contribution in [0.4, 0.5) is 4.79 Å². The van der Waals surface area contributed by atoms with Gasteiger partial charge in [0.15, 0.2) is 0 Å². The van der Waals surface area contributed by atoms with Crippen molar-refractivity contribution in [1.82, 2.24) is 10.6 Å². The summed E-state index contributed by atoms with van der Waals surface area (Å²) in [6.45, 7) is 3.52. The number of rotatable bonds is 4. The molecule has 116 valence electrons. The van der Waals surface area contributed by atoms with Gasteiger partial charge in [-0.15, -0.1) is 0 Å². The lowest BCUT2D eigenvalue weighted by Crippen LogP contribution is -2.49. The molecule has 2 aliphatic rings. The van der Waals surface area contributed by atoms with Crippen LogP contribution >= 0.6 is 0 Å². The Kier molecular flexibility index (Phi) is 3.67. The lowest BCUT2D eigenvalue weighted by Gasteiger charge is -2.24. The Balaban J connectivity index is 1.49. The summed E-state index contributed by atoms with van der Waals surface area (Å²) in [7, 11) is 0. The Hall–Kier alpha value is -1.53. The average Bonchev–Trinajstić information content (AvgIpc) is 3.13. The van der Waals surface area contributed by atoms with Gasteiger partial charge >= 0.3 is 6.03 Å². The first kappa shape index (κ1) is 14.4. The highest BCUT2D eigenvalue weighted by Gasteiger charge is 2.41. The summed E-state index contributed by atoms with van der Waals surface area (Å²) in [5, 5.41) is 16.0. The number of urea groups is 1. The Morgan fingerprint density at radius 1 is 1.48 bits per heavy atom. The van der Waals surface area contributed by atoms with Gasteiger partial charge in [-0.1, -0.05) is 0 Å². The topological polar surface area (TPSA) is 83.7 Å². The number of carbonyl (C=O) groups excluding carboxylic acids is 1. The molecular formula is C15H22N2O4. The number of fused-ring (bicyclic) bond motifs is 2. The van der Waals surface area contributed by atoms with Gasteiger partial charge in [-0.05, 0) is 45.2 Å². The zero-order valence-corrected chi connectivity index (χ0v) is 12.4. The molecule has 1 aromatic rings. The summed E-state index contributed by atoms with van der Waals surface area (Å²) < 4.78 is 11.1. The highest BCUT2D eigenvalue weighted by molar-refractivity contribution is 5.74. The van der Waals surface area contributed by atoms with E-state index >= 15 is 0 Å². The first-order chi connectivity index (χ1) is 9.94. The first-order valence-corrected chi connectivity index (χ1v) is 7.43. The van der Waals surface area contributed by atoms with Crippen LogP contribution in [0.5, 0.6) is 0 Å². The monoisotopic (exact) mass is 294 g/mol. The largest absolute Gasteiger partial charge is 0.463 e. The molecule has 0 saturated carbocycles. The van der Waals surface area contributed by atoms with Gasteiger partial charge in [-0.2, -0.15) is 0 Å². The second kappa shape index (κ2) is 5.35. The minimum atomic E-state index is -1.23. The van der Waals surface area contributed by atoms with E-state index < -0.39 is 5.60 Å². The summed E-state index contributed by atoms with van der Waals surface area (Å²) in [5.74, 6) is 1.18. The molecule has 2 bridgehead atoms. The van der Waals surface area contributed by atoms with Crippen LogP contribution in [0.25, 0.3) is 0 Å². The maximum atomic E-state index is 11.9. The minimum Gasteiger partial charge on any atom is -0.463 e. The Bertz CT molecular complexity index is 525. The third-order valence-electron chi connectivity index (χ3n) is 4.29. The van der Waals surface area contributed by atoms with Crippen LogP contribution in [0.3, 0.4) is 0 Å². The van der Waals surface area contributed by atoms with Crippen molar-refractivity contribution < 1.29 is 19.1 Å². The van der Waals surface area contributed by atoms with Gasteiger partial charge in [-0.25, -0.2) is 4.79 Å². The fourth-order valence-corrected chi connectivity index (χ4v) is 3.07. The summed E-state index contributed by atoms with van der Waals surface area (Å²) in [6, 6.07) is 3.31. The molecule has 3 heterocycles. The molecule has 21 heavy (non-hydrogen) atoms. The smallest absolute Gasteiger partial charge is 0.315 e. The molecule has 3 N–H and O–H groups in total. The van der Waals surface area contributed by atoms with Gasteiger partial charge in [-0.3, -0.25) is 0 Å². The molecule has 4 atom stereocenters. The molecular weight excluding hydrogens is 272 g/mol. The SMILES string of the molecule is Cc1ccc(C(C)(O)CNC(=O)NC2CC3CCC2O3)o1. The van der Waals surface area contributed by atoms with Gasteiger partial charge in [0, 0.05) is 0 Å². The molecule has 4 unspecified atom stereocenters. The second-order valence-electron chi connectivity index (χ2n) is 6.23. The van der Waals surface area contributed by atoms with Gasteiger partial charge in [0.05, 0.1) is 24.8 Å². The Labute approximate surface area is 123 Å². The number of hydrogen-bond donors (Lipinski definition) is 3. The molecule has 6 heteroatoms. The fourth-order valence-electron chi connectivity index (χ4n) is 3.07. The number of aryl methyl sites for hydroxylation is 1.